The average molecular weight is 135 g/mol. The molecule has 0 radical (unpaired) electrons. The van der Waals surface area contributed by atoms with Gasteiger partial charge in [0.1, 0.15) is 5.60 Å². The SMILES string of the molecule is C[C@]12C=C[C@H](C[C@@H]1C#N)O2. The van der Waals surface area contributed by atoms with Crippen molar-refractivity contribution in [3.05, 3.63) is 12.2 Å². The third-order valence-corrected chi connectivity index (χ3v) is 2.36. The summed E-state index contributed by atoms with van der Waals surface area (Å²) < 4.78 is 5.53. The van der Waals surface area contributed by atoms with Gasteiger partial charge in [0.05, 0.1) is 18.1 Å². The Morgan fingerprint density at radius 1 is 1.80 bits per heavy atom. The van der Waals surface area contributed by atoms with E-state index in [1.165, 1.54) is 0 Å². The molecule has 0 saturated carbocycles. The number of hydrogen-bond donors (Lipinski definition) is 0. The first-order valence-corrected chi connectivity index (χ1v) is 3.51. The fourth-order valence-electron chi connectivity index (χ4n) is 1.68. The van der Waals surface area contributed by atoms with Crippen LogP contribution in [-0.2, 0) is 4.74 Å². The van der Waals surface area contributed by atoms with E-state index in [1.54, 1.807) is 0 Å². The molecule has 2 heteroatoms. The van der Waals surface area contributed by atoms with Crippen LogP contribution in [-0.4, -0.2) is 11.7 Å². The fraction of sp³-hybridized carbons (Fsp3) is 0.625. The van der Waals surface area contributed by atoms with Crippen LogP contribution < -0.4 is 0 Å². The lowest BCUT2D eigenvalue weighted by Gasteiger charge is -2.19. The van der Waals surface area contributed by atoms with Gasteiger partial charge in [-0.1, -0.05) is 12.2 Å². The Kier molecular flexibility index (Phi) is 0.959. The van der Waals surface area contributed by atoms with Gasteiger partial charge in [-0.3, -0.25) is 0 Å². The quantitative estimate of drug-likeness (QED) is 0.468. The highest BCUT2D eigenvalue weighted by Crippen LogP contribution is 2.41. The molecule has 10 heavy (non-hydrogen) atoms. The number of fused-ring (bicyclic) bond motifs is 2. The van der Waals surface area contributed by atoms with Crippen LogP contribution in [0.25, 0.3) is 0 Å². The van der Waals surface area contributed by atoms with Crippen LogP contribution in [0.3, 0.4) is 0 Å². The highest BCUT2D eigenvalue weighted by molar-refractivity contribution is 5.22. The molecule has 2 nitrogen and oxygen atoms in total. The first-order valence-electron chi connectivity index (χ1n) is 3.51. The molecular weight excluding hydrogens is 126 g/mol. The Morgan fingerprint density at radius 3 is 2.90 bits per heavy atom. The number of hydrogen-bond acceptors (Lipinski definition) is 2. The van der Waals surface area contributed by atoms with Gasteiger partial charge in [-0.25, -0.2) is 0 Å². The second-order valence-electron chi connectivity index (χ2n) is 3.12. The Hall–Kier alpha value is -0.810. The van der Waals surface area contributed by atoms with E-state index in [2.05, 4.69) is 6.07 Å². The van der Waals surface area contributed by atoms with E-state index in [0.29, 0.717) is 0 Å². The van der Waals surface area contributed by atoms with Crippen molar-refractivity contribution in [1.29, 1.82) is 5.26 Å². The molecule has 3 atom stereocenters. The lowest BCUT2D eigenvalue weighted by Crippen LogP contribution is -2.26. The molecule has 2 aliphatic heterocycles. The summed E-state index contributed by atoms with van der Waals surface area (Å²) in [5.74, 6) is 0.0718. The lowest BCUT2D eigenvalue weighted by atomic mass is 9.86. The molecule has 0 aliphatic carbocycles. The van der Waals surface area contributed by atoms with Crippen molar-refractivity contribution in [3.63, 3.8) is 0 Å². The van der Waals surface area contributed by atoms with E-state index in [4.69, 9.17) is 10.00 Å². The van der Waals surface area contributed by atoms with Crippen molar-refractivity contribution >= 4 is 0 Å². The molecule has 0 unspecified atom stereocenters. The molecule has 0 aromatic rings. The van der Waals surface area contributed by atoms with Crippen LogP contribution >= 0.6 is 0 Å². The molecule has 52 valence electrons. The molecule has 2 bridgehead atoms. The third kappa shape index (κ3) is 0.559. The second kappa shape index (κ2) is 1.62. The molecule has 1 fully saturated rings. The Bertz CT molecular complexity index is 228. The highest BCUT2D eigenvalue weighted by Gasteiger charge is 2.46. The Balaban J connectivity index is 2.33. The van der Waals surface area contributed by atoms with Gasteiger partial charge in [-0.2, -0.15) is 5.26 Å². The minimum absolute atomic E-state index is 0.0718. The fourth-order valence-corrected chi connectivity index (χ4v) is 1.68. The van der Waals surface area contributed by atoms with Crippen LogP contribution in [0.2, 0.25) is 0 Å². The summed E-state index contributed by atoms with van der Waals surface area (Å²) in [4.78, 5) is 0. The van der Waals surface area contributed by atoms with E-state index in [0.717, 1.165) is 6.42 Å². The maximum absolute atomic E-state index is 8.69. The van der Waals surface area contributed by atoms with Gasteiger partial charge in [-0.15, -0.1) is 0 Å². The number of ether oxygens (including phenoxy) is 1. The molecule has 2 rings (SSSR count). The summed E-state index contributed by atoms with van der Waals surface area (Å²) in [5, 5.41) is 8.69. The molecule has 0 amide bonds. The van der Waals surface area contributed by atoms with Crippen molar-refractivity contribution in [2.45, 2.75) is 25.0 Å². The normalized spacial score (nSPS) is 49.6. The summed E-state index contributed by atoms with van der Waals surface area (Å²) in [5.41, 5.74) is -0.264. The van der Waals surface area contributed by atoms with E-state index >= 15 is 0 Å². The molecule has 2 aliphatic rings. The predicted octanol–water partition coefficient (Wildman–Crippen LogP) is 1.24. The van der Waals surface area contributed by atoms with Crippen molar-refractivity contribution in [1.82, 2.24) is 0 Å². The zero-order chi connectivity index (χ0) is 7.19. The zero-order valence-electron chi connectivity index (χ0n) is 5.87. The van der Waals surface area contributed by atoms with E-state index in [-0.39, 0.29) is 17.6 Å². The summed E-state index contributed by atoms with van der Waals surface area (Å²) in [6.45, 7) is 1.98. The first-order chi connectivity index (χ1) is 4.74. The summed E-state index contributed by atoms with van der Waals surface area (Å²) in [6, 6.07) is 2.26. The van der Waals surface area contributed by atoms with Crippen LogP contribution in [0.15, 0.2) is 12.2 Å². The standard InChI is InChI=1S/C8H9NO/c1-8-3-2-7(10-8)4-6(8)5-9/h2-3,6-7H,4H2,1H3/t6-,7-,8+/m1/s1. The third-order valence-electron chi connectivity index (χ3n) is 2.36. The maximum atomic E-state index is 8.69. The van der Waals surface area contributed by atoms with Gasteiger partial charge in [-0.05, 0) is 13.3 Å². The van der Waals surface area contributed by atoms with E-state index < -0.39 is 0 Å². The van der Waals surface area contributed by atoms with Crippen molar-refractivity contribution in [2.24, 2.45) is 5.92 Å². The number of nitrogens with zero attached hydrogens (tertiary/aromatic N) is 1. The van der Waals surface area contributed by atoms with Gasteiger partial charge in [0.15, 0.2) is 0 Å². The van der Waals surface area contributed by atoms with Gasteiger partial charge in [0, 0.05) is 0 Å². The van der Waals surface area contributed by atoms with E-state index in [9.17, 15) is 0 Å². The molecule has 0 aromatic carbocycles. The smallest absolute Gasteiger partial charge is 0.100 e. The Morgan fingerprint density at radius 2 is 2.60 bits per heavy atom. The zero-order valence-corrected chi connectivity index (χ0v) is 5.87. The molecule has 1 saturated heterocycles. The summed E-state index contributed by atoms with van der Waals surface area (Å²) >= 11 is 0. The number of nitriles is 1. The van der Waals surface area contributed by atoms with Gasteiger partial charge in [0.25, 0.3) is 0 Å². The van der Waals surface area contributed by atoms with Crippen molar-refractivity contribution in [3.8, 4) is 6.07 Å². The first kappa shape index (κ1) is 5.94. The highest BCUT2D eigenvalue weighted by atomic mass is 16.5. The largest absolute Gasteiger partial charge is 0.362 e. The van der Waals surface area contributed by atoms with Crippen LogP contribution in [0.5, 0.6) is 0 Å². The van der Waals surface area contributed by atoms with Crippen LogP contribution in [0.4, 0.5) is 0 Å². The number of rotatable bonds is 0. The Labute approximate surface area is 60.1 Å². The van der Waals surface area contributed by atoms with Crippen molar-refractivity contribution < 1.29 is 4.74 Å². The van der Waals surface area contributed by atoms with Gasteiger partial charge >= 0.3 is 0 Å². The molecule has 0 aromatic heterocycles. The van der Waals surface area contributed by atoms with Gasteiger partial charge in [0.2, 0.25) is 0 Å². The monoisotopic (exact) mass is 135 g/mol. The topological polar surface area (TPSA) is 33.0 Å². The predicted molar refractivity (Wildman–Crippen MR) is 36.1 cm³/mol. The minimum atomic E-state index is -0.264. The summed E-state index contributed by atoms with van der Waals surface area (Å²) in [6.07, 6.45) is 5.15. The second-order valence-corrected chi connectivity index (χ2v) is 3.12. The molecular formula is C8H9NO. The molecule has 2 heterocycles. The summed E-state index contributed by atoms with van der Waals surface area (Å²) in [7, 11) is 0. The minimum Gasteiger partial charge on any atom is -0.362 e. The van der Waals surface area contributed by atoms with Crippen LogP contribution in [0.1, 0.15) is 13.3 Å². The van der Waals surface area contributed by atoms with Gasteiger partial charge < -0.3 is 4.74 Å². The van der Waals surface area contributed by atoms with Crippen LogP contribution in [0, 0.1) is 17.2 Å². The average Bonchev–Trinajstić information content (AvgIpc) is 2.41. The van der Waals surface area contributed by atoms with Crippen molar-refractivity contribution in [2.75, 3.05) is 0 Å². The molecule has 0 spiro atoms. The molecule has 0 N–H and O–H groups in total. The lowest BCUT2D eigenvalue weighted by molar-refractivity contribution is 0.0363. The maximum Gasteiger partial charge on any atom is 0.100 e. The van der Waals surface area contributed by atoms with E-state index in [1.807, 2.05) is 19.1 Å².